The van der Waals surface area contributed by atoms with Crippen molar-refractivity contribution in [2.45, 2.75) is 18.4 Å². The summed E-state index contributed by atoms with van der Waals surface area (Å²) < 4.78 is 2.08. The van der Waals surface area contributed by atoms with Crippen LogP contribution in [0.5, 0.6) is 0 Å². The molecule has 0 aliphatic rings. The minimum absolute atomic E-state index is 0.332. The molecule has 1 heterocycles. The quantitative estimate of drug-likeness (QED) is 0.842. The highest BCUT2D eigenvalue weighted by molar-refractivity contribution is 7.99. The lowest BCUT2D eigenvalue weighted by Gasteiger charge is -2.05. The molecule has 94 valence electrons. The second-order valence-corrected chi connectivity index (χ2v) is 5.02. The van der Waals surface area contributed by atoms with Crippen LogP contribution in [0, 0.1) is 6.92 Å². The molecule has 0 aliphatic carbocycles. The fourth-order valence-corrected chi connectivity index (χ4v) is 2.53. The van der Waals surface area contributed by atoms with Crippen molar-refractivity contribution in [1.29, 1.82) is 0 Å². The van der Waals surface area contributed by atoms with E-state index in [4.69, 9.17) is 5.11 Å². The number of benzene rings is 1. The van der Waals surface area contributed by atoms with Gasteiger partial charge < -0.3 is 9.67 Å². The van der Waals surface area contributed by atoms with Gasteiger partial charge in [-0.2, -0.15) is 0 Å². The van der Waals surface area contributed by atoms with Crippen molar-refractivity contribution in [2.24, 2.45) is 0 Å². The van der Waals surface area contributed by atoms with E-state index in [-0.39, 0.29) is 0 Å². The van der Waals surface area contributed by atoms with E-state index in [1.807, 2.05) is 19.2 Å². The zero-order valence-corrected chi connectivity index (χ0v) is 10.9. The van der Waals surface area contributed by atoms with Crippen molar-refractivity contribution in [3.63, 3.8) is 0 Å². The first-order valence-corrected chi connectivity index (χ1v) is 6.59. The van der Waals surface area contributed by atoms with Crippen LogP contribution in [0.1, 0.15) is 16.2 Å². The number of rotatable bonds is 5. The van der Waals surface area contributed by atoms with Crippen LogP contribution in [-0.2, 0) is 6.54 Å². The summed E-state index contributed by atoms with van der Waals surface area (Å²) in [5.74, 6) is 0.998. The molecule has 0 unspecified atom stereocenters. The molecular formula is C13H14N2O2S. The van der Waals surface area contributed by atoms with Gasteiger partial charge in [-0.1, -0.05) is 6.07 Å². The summed E-state index contributed by atoms with van der Waals surface area (Å²) >= 11 is 1.65. The van der Waals surface area contributed by atoms with Gasteiger partial charge in [-0.3, -0.25) is 0 Å². The van der Waals surface area contributed by atoms with Crippen LogP contribution in [0.4, 0.5) is 0 Å². The van der Waals surface area contributed by atoms with Crippen molar-refractivity contribution in [1.82, 2.24) is 9.55 Å². The number of nitrogens with zero attached hydrogens (tertiary/aromatic N) is 2. The van der Waals surface area contributed by atoms with Gasteiger partial charge in [-0.25, -0.2) is 9.78 Å². The zero-order valence-electron chi connectivity index (χ0n) is 10.0. The van der Waals surface area contributed by atoms with Gasteiger partial charge in [-0.05, 0) is 25.1 Å². The van der Waals surface area contributed by atoms with Crippen LogP contribution in [0.3, 0.4) is 0 Å². The third kappa shape index (κ3) is 3.13. The first-order valence-electron chi connectivity index (χ1n) is 5.61. The molecule has 18 heavy (non-hydrogen) atoms. The maximum Gasteiger partial charge on any atom is 0.335 e. The highest BCUT2D eigenvalue weighted by Gasteiger charge is 2.03. The van der Waals surface area contributed by atoms with Crippen LogP contribution in [-0.4, -0.2) is 26.4 Å². The Labute approximate surface area is 110 Å². The van der Waals surface area contributed by atoms with E-state index in [0.29, 0.717) is 5.56 Å². The molecule has 5 heteroatoms. The van der Waals surface area contributed by atoms with E-state index in [0.717, 1.165) is 23.0 Å². The van der Waals surface area contributed by atoms with Gasteiger partial charge in [0.15, 0.2) is 0 Å². The predicted molar refractivity (Wildman–Crippen MR) is 71.1 cm³/mol. The molecule has 0 saturated heterocycles. The van der Waals surface area contributed by atoms with Gasteiger partial charge in [0.25, 0.3) is 0 Å². The largest absolute Gasteiger partial charge is 0.478 e. The Kier molecular flexibility index (Phi) is 4.04. The van der Waals surface area contributed by atoms with E-state index in [2.05, 4.69) is 9.55 Å². The monoisotopic (exact) mass is 262 g/mol. The molecule has 1 aromatic carbocycles. The standard InChI is InChI=1S/C13H14N2O2S/c1-10-14-5-6-15(10)7-8-18-12-4-2-3-11(9-12)13(16)17/h2-6,9H,7-8H2,1H3,(H,16,17). The number of aromatic carboxylic acids is 1. The van der Waals surface area contributed by atoms with Crippen molar-refractivity contribution in [3.05, 3.63) is 48.0 Å². The van der Waals surface area contributed by atoms with Crippen LogP contribution in [0.25, 0.3) is 0 Å². The minimum Gasteiger partial charge on any atom is -0.478 e. The number of thioether (sulfide) groups is 1. The average molecular weight is 262 g/mol. The van der Waals surface area contributed by atoms with Crippen molar-refractivity contribution in [3.8, 4) is 0 Å². The molecule has 4 nitrogen and oxygen atoms in total. The molecule has 1 aromatic heterocycles. The van der Waals surface area contributed by atoms with E-state index in [1.54, 1.807) is 36.2 Å². The molecule has 0 aliphatic heterocycles. The van der Waals surface area contributed by atoms with Crippen LogP contribution in [0.2, 0.25) is 0 Å². The normalized spacial score (nSPS) is 10.5. The molecule has 2 rings (SSSR count). The van der Waals surface area contributed by atoms with Crippen molar-refractivity contribution < 1.29 is 9.90 Å². The summed E-state index contributed by atoms with van der Waals surface area (Å²) in [6.45, 7) is 2.84. The number of carbonyl (C=O) groups is 1. The van der Waals surface area contributed by atoms with Crippen LogP contribution >= 0.6 is 11.8 Å². The Morgan fingerprint density at radius 1 is 1.50 bits per heavy atom. The Hall–Kier alpha value is -1.75. The molecule has 0 saturated carbocycles. The van der Waals surface area contributed by atoms with Gasteiger partial charge in [0.1, 0.15) is 5.82 Å². The number of imidazole rings is 1. The second kappa shape index (κ2) is 5.73. The Balaban J connectivity index is 1.92. The Morgan fingerprint density at radius 2 is 2.33 bits per heavy atom. The van der Waals surface area contributed by atoms with Crippen LogP contribution < -0.4 is 0 Å². The summed E-state index contributed by atoms with van der Waals surface area (Å²) in [5.41, 5.74) is 0.332. The molecule has 2 aromatic rings. The fourth-order valence-electron chi connectivity index (χ4n) is 1.62. The van der Waals surface area contributed by atoms with E-state index in [9.17, 15) is 4.79 Å². The molecule has 0 radical (unpaired) electrons. The highest BCUT2D eigenvalue weighted by atomic mass is 32.2. The lowest BCUT2D eigenvalue weighted by Crippen LogP contribution is -2.01. The van der Waals surface area contributed by atoms with Crippen molar-refractivity contribution >= 4 is 17.7 Å². The topological polar surface area (TPSA) is 55.1 Å². The van der Waals surface area contributed by atoms with Gasteiger partial charge >= 0.3 is 5.97 Å². The Morgan fingerprint density at radius 3 is 3.00 bits per heavy atom. The molecular weight excluding hydrogens is 248 g/mol. The number of aryl methyl sites for hydroxylation is 2. The fraction of sp³-hybridized carbons (Fsp3) is 0.231. The highest BCUT2D eigenvalue weighted by Crippen LogP contribution is 2.19. The Bertz CT molecular complexity index is 551. The second-order valence-electron chi connectivity index (χ2n) is 3.85. The molecule has 0 fully saturated rings. The molecule has 0 amide bonds. The molecule has 1 N–H and O–H groups in total. The first kappa shape index (κ1) is 12.7. The molecule has 0 bridgehead atoms. The van der Waals surface area contributed by atoms with Gasteiger partial charge in [0.2, 0.25) is 0 Å². The number of carboxylic acid groups (broad SMARTS) is 1. The third-order valence-corrected chi connectivity index (χ3v) is 3.58. The average Bonchev–Trinajstić information content (AvgIpc) is 2.76. The van der Waals surface area contributed by atoms with Gasteiger partial charge in [0.05, 0.1) is 5.56 Å². The summed E-state index contributed by atoms with van der Waals surface area (Å²) in [5, 5.41) is 8.90. The smallest absolute Gasteiger partial charge is 0.335 e. The number of carboxylic acids is 1. The number of aromatic nitrogens is 2. The SMILES string of the molecule is Cc1nccn1CCSc1cccc(C(=O)O)c1. The third-order valence-electron chi connectivity index (χ3n) is 2.61. The lowest BCUT2D eigenvalue weighted by atomic mass is 10.2. The van der Waals surface area contributed by atoms with E-state index >= 15 is 0 Å². The van der Waals surface area contributed by atoms with Gasteiger partial charge in [-0.15, -0.1) is 11.8 Å². The summed E-state index contributed by atoms with van der Waals surface area (Å²) in [7, 11) is 0. The van der Waals surface area contributed by atoms with Gasteiger partial charge in [0, 0.05) is 29.6 Å². The summed E-state index contributed by atoms with van der Waals surface area (Å²) in [4.78, 5) is 16.0. The summed E-state index contributed by atoms with van der Waals surface area (Å²) in [6.07, 6.45) is 3.73. The minimum atomic E-state index is -0.886. The molecule has 0 spiro atoms. The van der Waals surface area contributed by atoms with Crippen LogP contribution in [0.15, 0.2) is 41.6 Å². The maximum atomic E-state index is 10.8. The van der Waals surface area contributed by atoms with E-state index < -0.39 is 5.97 Å². The molecule has 0 atom stereocenters. The zero-order chi connectivity index (χ0) is 13.0. The summed E-state index contributed by atoms with van der Waals surface area (Å²) in [6, 6.07) is 7.01. The first-order chi connectivity index (χ1) is 8.66. The number of hydrogen-bond donors (Lipinski definition) is 1. The predicted octanol–water partition coefficient (Wildman–Crippen LogP) is 2.68. The van der Waals surface area contributed by atoms with E-state index in [1.165, 1.54) is 0 Å². The lowest BCUT2D eigenvalue weighted by molar-refractivity contribution is 0.0696. The number of hydrogen-bond acceptors (Lipinski definition) is 3. The maximum absolute atomic E-state index is 10.8. The van der Waals surface area contributed by atoms with Crippen molar-refractivity contribution in [2.75, 3.05) is 5.75 Å².